The number of thioether (sulfide) groups is 1. The first kappa shape index (κ1) is 10.5. The van der Waals surface area contributed by atoms with Crippen LogP contribution in [-0.2, 0) is 6.54 Å². The molecule has 0 atom stereocenters. The van der Waals surface area contributed by atoms with Crippen molar-refractivity contribution in [2.45, 2.75) is 30.7 Å². The van der Waals surface area contributed by atoms with E-state index in [4.69, 9.17) is 5.73 Å². The van der Waals surface area contributed by atoms with Crippen molar-refractivity contribution in [1.29, 1.82) is 0 Å². The summed E-state index contributed by atoms with van der Waals surface area (Å²) in [5.74, 6) is 0. The Labute approximate surface area is 93.7 Å². The van der Waals surface area contributed by atoms with E-state index in [-0.39, 0.29) is 0 Å². The maximum absolute atomic E-state index is 5.76. The minimum absolute atomic E-state index is 0.528. The molecule has 0 aromatic carbocycles. The smallest absolute Gasteiger partial charge is 0.138 e. The van der Waals surface area contributed by atoms with E-state index in [1.165, 1.54) is 0 Å². The summed E-state index contributed by atoms with van der Waals surface area (Å²) >= 11 is 1.76. The largest absolute Gasteiger partial charge is 0.325 e. The topological polar surface area (TPSA) is 43.3 Å². The molecule has 0 aliphatic heterocycles. The van der Waals surface area contributed by atoms with E-state index in [1.54, 1.807) is 11.8 Å². The molecule has 2 aromatic rings. The average Bonchev–Trinajstić information content (AvgIpc) is 2.53. The minimum atomic E-state index is 0.528. The second-order valence-corrected chi connectivity index (χ2v) is 5.23. The number of fused-ring (bicyclic) bond motifs is 1. The van der Waals surface area contributed by atoms with Crippen molar-refractivity contribution in [3.8, 4) is 0 Å². The third kappa shape index (κ3) is 2.01. The molecule has 80 valence electrons. The maximum Gasteiger partial charge on any atom is 0.138 e. The number of hydrogen-bond donors (Lipinski definition) is 1. The van der Waals surface area contributed by atoms with Gasteiger partial charge in [-0.25, -0.2) is 4.98 Å². The molecular weight excluding hydrogens is 206 g/mol. The highest BCUT2D eigenvalue weighted by molar-refractivity contribution is 7.99. The molecule has 15 heavy (non-hydrogen) atoms. The molecule has 0 spiro atoms. The Morgan fingerprint density at radius 2 is 2.27 bits per heavy atom. The van der Waals surface area contributed by atoms with E-state index >= 15 is 0 Å². The van der Waals surface area contributed by atoms with Gasteiger partial charge in [-0.05, 0) is 12.1 Å². The molecule has 0 bridgehead atoms. The average molecular weight is 221 g/mol. The van der Waals surface area contributed by atoms with Crippen molar-refractivity contribution in [2.24, 2.45) is 5.73 Å². The van der Waals surface area contributed by atoms with E-state index in [9.17, 15) is 0 Å². The fourth-order valence-corrected chi connectivity index (χ4v) is 2.44. The molecule has 0 fully saturated rings. The molecule has 0 saturated carbocycles. The van der Waals surface area contributed by atoms with Crippen molar-refractivity contribution in [3.63, 3.8) is 0 Å². The Balaban J connectivity index is 2.54. The summed E-state index contributed by atoms with van der Waals surface area (Å²) in [4.78, 5) is 4.57. The summed E-state index contributed by atoms with van der Waals surface area (Å²) in [6.07, 6.45) is 2.01. The Kier molecular flexibility index (Phi) is 2.98. The first-order valence-electron chi connectivity index (χ1n) is 5.05. The van der Waals surface area contributed by atoms with Gasteiger partial charge in [0.2, 0.25) is 0 Å². The predicted molar refractivity (Wildman–Crippen MR) is 64.1 cm³/mol. The Bertz CT molecular complexity index is 462. The standard InChI is InChI=1S/C11H15N3S/c1-8(2)15-11-9(7-12)14-6-4-3-5-10(14)13-11/h3-6,8H,7,12H2,1-2H3. The fourth-order valence-electron chi connectivity index (χ4n) is 1.53. The van der Waals surface area contributed by atoms with E-state index < -0.39 is 0 Å². The van der Waals surface area contributed by atoms with Gasteiger partial charge in [-0.15, -0.1) is 11.8 Å². The lowest BCUT2D eigenvalue weighted by molar-refractivity contribution is 0.918. The molecule has 2 N–H and O–H groups in total. The van der Waals surface area contributed by atoms with Crippen molar-refractivity contribution >= 4 is 17.4 Å². The lowest BCUT2D eigenvalue weighted by Gasteiger charge is -2.03. The lowest BCUT2D eigenvalue weighted by Crippen LogP contribution is -2.02. The number of rotatable bonds is 3. The van der Waals surface area contributed by atoms with Gasteiger partial charge in [0, 0.05) is 18.0 Å². The third-order valence-corrected chi connectivity index (χ3v) is 3.15. The quantitative estimate of drug-likeness (QED) is 0.809. The van der Waals surface area contributed by atoms with Gasteiger partial charge in [-0.3, -0.25) is 0 Å². The van der Waals surface area contributed by atoms with Crippen LogP contribution >= 0.6 is 11.8 Å². The maximum atomic E-state index is 5.76. The molecular formula is C11H15N3S. The number of aromatic nitrogens is 2. The monoisotopic (exact) mass is 221 g/mol. The molecule has 0 aliphatic carbocycles. The first-order chi connectivity index (χ1) is 7.22. The number of nitrogens with two attached hydrogens (primary N) is 1. The highest BCUT2D eigenvalue weighted by atomic mass is 32.2. The minimum Gasteiger partial charge on any atom is -0.325 e. The van der Waals surface area contributed by atoms with Crippen LogP contribution in [0.1, 0.15) is 19.5 Å². The van der Waals surface area contributed by atoms with Crippen molar-refractivity contribution in [3.05, 3.63) is 30.1 Å². The van der Waals surface area contributed by atoms with Crippen LogP contribution < -0.4 is 5.73 Å². The molecule has 2 aromatic heterocycles. The number of nitrogens with zero attached hydrogens (tertiary/aromatic N) is 2. The van der Waals surface area contributed by atoms with Crippen LogP contribution in [0.15, 0.2) is 29.4 Å². The molecule has 3 nitrogen and oxygen atoms in total. The van der Waals surface area contributed by atoms with Gasteiger partial charge in [0.15, 0.2) is 0 Å². The Hall–Kier alpha value is -1.00. The highest BCUT2D eigenvalue weighted by Crippen LogP contribution is 2.26. The van der Waals surface area contributed by atoms with Crippen molar-refractivity contribution < 1.29 is 0 Å². The van der Waals surface area contributed by atoms with E-state index in [2.05, 4.69) is 23.2 Å². The second-order valence-electron chi connectivity index (χ2n) is 3.66. The van der Waals surface area contributed by atoms with Gasteiger partial charge in [0.05, 0.1) is 5.69 Å². The van der Waals surface area contributed by atoms with Crippen LogP contribution in [0.3, 0.4) is 0 Å². The fraction of sp³-hybridized carbons (Fsp3) is 0.364. The zero-order valence-electron chi connectivity index (χ0n) is 8.97. The van der Waals surface area contributed by atoms with Crippen molar-refractivity contribution in [1.82, 2.24) is 9.38 Å². The summed E-state index contributed by atoms with van der Waals surface area (Å²) in [5.41, 5.74) is 7.84. The Morgan fingerprint density at radius 1 is 1.47 bits per heavy atom. The number of hydrogen-bond acceptors (Lipinski definition) is 3. The molecule has 0 saturated heterocycles. The lowest BCUT2D eigenvalue weighted by atomic mass is 10.4. The van der Waals surface area contributed by atoms with Crippen LogP contribution in [0, 0.1) is 0 Å². The van der Waals surface area contributed by atoms with Gasteiger partial charge in [0.25, 0.3) is 0 Å². The summed E-state index contributed by atoms with van der Waals surface area (Å²) in [6, 6.07) is 5.99. The van der Waals surface area contributed by atoms with Crippen LogP contribution in [0.5, 0.6) is 0 Å². The van der Waals surface area contributed by atoms with Crippen LogP contribution in [0.25, 0.3) is 5.65 Å². The SMILES string of the molecule is CC(C)Sc1nc2ccccn2c1CN. The van der Waals surface area contributed by atoms with Gasteiger partial charge in [-0.1, -0.05) is 19.9 Å². The number of pyridine rings is 1. The van der Waals surface area contributed by atoms with Crippen LogP contribution in [0.2, 0.25) is 0 Å². The van der Waals surface area contributed by atoms with E-state index in [0.717, 1.165) is 16.4 Å². The molecule has 0 unspecified atom stereocenters. The molecule has 0 aliphatic rings. The third-order valence-electron chi connectivity index (χ3n) is 2.13. The predicted octanol–water partition coefficient (Wildman–Crippen LogP) is 2.29. The van der Waals surface area contributed by atoms with Gasteiger partial charge in [-0.2, -0.15) is 0 Å². The van der Waals surface area contributed by atoms with Crippen LogP contribution in [-0.4, -0.2) is 14.6 Å². The zero-order valence-corrected chi connectivity index (χ0v) is 9.79. The molecule has 2 heterocycles. The molecule has 4 heteroatoms. The van der Waals surface area contributed by atoms with E-state index in [1.807, 2.05) is 24.4 Å². The summed E-state index contributed by atoms with van der Waals surface area (Å²) in [7, 11) is 0. The van der Waals surface area contributed by atoms with Gasteiger partial charge < -0.3 is 10.1 Å². The normalized spacial score (nSPS) is 11.5. The molecule has 0 amide bonds. The first-order valence-corrected chi connectivity index (χ1v) is 5.93. The second kappa shape index (κ2) is 4.24. The highest BCUT2D eigenvalue weighted by Gasteiger charge is 2.11. The summed E-state index contributed by atoms with van der Waals surface area (Å²) in [6.45, 7) is 4.85. The van der Waals surface area contributed by atoms with Gasteiger partial charge >= 0.3 is 0 Å². The summed E-state index contributed by atoms with van der Waals surface area (Å²) < 4.78 is 2.06. The van der Waals surface area contributed by atoms with Gasteiger partial charge in [0.1, 0.15) is 10.7 Å². The zero-order chi connectivity index (χ0) is 10.8. The summed E-state index contributed by atoms with van der Waals surface area (Å²) in [5, 5.41) is 1.58. The van der Waals surface area contributed by atoms with E-state index in [0.29, 0.717) is 11.8 Å². The molecule has 0 radical (unpaired) electrons. The number of imidazole rings is 1. The molecule has 2 rings (SSSR count). The van der Waals surface area contributed by atoms with Crippen molar-refractivity contribution in [2.75, 3.05) is 0 Å². The van der Waals surface area contributed by atoms with Crippen LogP contribution in [0.4, 0.5) is 0 Å². The Morgan fingerprint density at radius 3 is 2.93 bits per heavy atom.